The first-order valence-electron chi connectivity index (χ1n) is 5.56. The Morgan fingerprint density at radius 3 is 3.00 bits per heavy atom. The number of nitrogens with two attached hydrogens (primary N) is 1. The molecule has 4 heteroatoms. The van der Waals surface area contributed by atoms with Gasteiger partial charge in [0, 0.05) is 24.8 Å². The van der Waals surface area contributed by atoms with Crippen molar-refractivity contribution in [3.8, 4) is 5.75 Å². The molecule has 1 unspecified atom stereocenters. The highest BCUT2D eigenvalue weighted by atomic mass is 19.1. The Hall–Kier alpha value is -1.29. The maximum absolute atomic E-state index is 14.1. The van der Waals surface area contributed by atoms with Crippen molar-refractivity contribution >= 4 is 5.69 Å². The Bertz CT molecular complexity index is 372. The number of hydrogen-bond acceptors (Lipinski definition) is 3. The summed E-state index contributed by atoms with van der Waals surface area (Å²) in [5.41, 5.74) is 5.03. The maximum Gasteiger partial charge on any atom is 0.140 e. The number of anilines is 1. The van der Waals surface area contributed by atoms with Gasteiger partial charge in [0.25, 0.3) is 0 Å². The van der Waals surface area contributed by atoms with Crippen LogP contribution in [0.2, 0.25) is 0 Å². The minimum Gasteiger partial charge on any atom is -0.508 e. The summed E-state index contributed by atoms with van der Waals surface area (Å²) in [4.78, 5) is 1.94. The molecule has 1 fully saturated rings. The van der Waals surface area contributed by atoms with Gasteiger partial charge < -0.3 is 15.7 Å². The van der Waals surface area contributed by atoms with Gasteiger partial charge in [-0.1, -0.05) is 6.07 Å². The first-order valence-corrected chi connectivity index (χ1v) is 5.56. The largest absolute Gasteiger partial charge is 0.508 e. The van der Waals surface area contributed by atoms with Crippen LogP contribution in [0.3, 0.4) is 0 Å². The van der Waals surface area contributed by atoms with Crippen LogP contribution in [0.15, 0.2) is 24.3 Å². The molecule has 1 atom stereocenters. The summed E-state index contributed by atoms with van der Waals surface area (Å²) in [7, 11) is 0. The van der Waals surface area contributed by atoms with Crippen LogP contribution in [-0.2, 0) is 0 Å². The number of piperidine rings is 1. The fraction of sp³-hybridized carbons (Fsp3) is 0.500. The first-order chi connectivity index (χ1) is 7.63. The zero-order chi connectivity index (χ0) is 11.6. The lowest BCUT2D eigenvalue weighted by atomic mass is 9.94. The van der Waals surface area contributed by atoms with E-state index in [0.29, 0.717) is 13.0 Å². The van der Waals surface area contributed by atoms with Gasteiger partial charge in [0.2, 0.25) is 0 Å². The summed E-state index contributed by atoms with van der Waals surface area (Å²) >= 11 is 0. The molecular weight excluding hydrogens is 207 g/mol. The zero-order valence-electron chi connectivity index (χ0n) is 9.19. The molecule has 0 aliphatic carbocycles. The lowest BCUT2D eigenvalue weighted by molar-refractivity contribution is 0.146. The van der Waals surface area contributed by atoms with Crippen LogP contribution in [0.25, 0.3) is 0 Å². The second-order valence-electron chi connectivity index (χ2n) is 4.40. The Morgan fingerprint density at radius 1 is 1.50 bits per heavy atom. The summed E-state index contributed by atoms with van der Waals surface area (Å²) in [6.07, 6.45) is 1.32. The van der Waals surface area contributed by atoms with Crippen LogP contribution in [-0.4, -0.2) is 30.4 Å². The van der Waals surface area contributed by atoms with Gasteiger partial charge in [-0.25, -0.2) is 4.39 Å². The Morgan fingerprint density at radius 2 is 2.31 bits per heavy atom. The molecule has 88 valence electrons. The predicted octanol–water partition coefficient (Wildman–Crippen LogP) is 1.66. The van der Waals surface area contributed by atoms with E-state index in [1.165, 1.54) is 0 Å². The molecule has 2 rings (SSSR count). The number of rotatable bonds is 2. The number of aromatic hydroxyl groups is 1. The Labute approximate surface area is 94.7 Å². The van der Waals surface area contributed by atoms with Crippen LogP contribution < -0.4 is 10.6 Å². The second kappa shape index (κ2) is 4.29. The minimum absolute atomic E-state index is 0.0579. The molecule has 0 radical (unpaired) electrons. The maximum atomic E-state index is 14.1. The molecule has 0 saturated carbocycles. The molecular formula is C12H17FN2O. The third-order valence-electron chi connectivity index (χ3n) is 3.09. The van der Waals surface area contributed by atoms with E-state index >= 15 is 0 Å². The van der Waals surface area contributed by atoms with Gasteiger partial charge in [-0.05, 0) is 25.0 Å². The number of hydrogen-bond donors (Lipinski definition) is 2. The van der Waals surface area contributed by atoms with Crippen molar-refractivity contribution in [2.45, 2.75) is 18.5 Å². The summed E-state index contributed by atoms with van der Waals surface area (Å²) in [5.74, 6) is 0.209. The third kappa shape index (κ3) is 2.27. The SMILES string of the molecule is NCC1(F)CCCN(c2cccc(O)c2)C1. The van der Waals surface area contributed by atoms with E-state index in [9.17, 15) is 9.50 Å². The third-order valence-corrected chi connectivity index (χ3v) is 3.09. The van der Waals surface area contributed by atoms with E-state index in [-0.39, 0.29) is 12.3 Å². The summed E-state index contributed by atoms with van der Waals surface area (Å²) in [5, 5.41) is 9.39. The second-order valence-corrected chi connectivity index (χ2v) is 4.40. The van der Waals surface area contributed by atoms with Crippen molar-refractivity contribution < 1.29 is 9.50 Å². The van der Waals surface area contributed by atoms with Crippen molar-refractivity contribution in [2.24, 2.45) is 5.73 Å². The molecule has 1 heterocycles. The number of alkyl halides is 1. The average molecular weight is 224 g/mol. The number of phenols is 1. The molecule has 3 nitrogen and oxygen atoms in total. The van der Waals surface area contributed by atoms with Crippen molar-refractivity contribution in [2.75, 3.05) is 24.5 Å². The van der Waals surface area contributed by atoms with Crippen LogP contribution in [0.1, 0.15) is 12.8 Å². The van der Waals surface area contributed by atoms with Crippen molar-refractivity contribution in [1.82, 2.24) is 0 Å². The van der Waals surface area contributed by atoms with Gasteiger partial charge in [0.05, 0.1) is 6.54 Å². The van der Waals surface area contributed by atoms with Crippen LogP contribution in [0, 0.1) is 0 Å². The molecule has 1 aliphatic heterocycles. The number of phenolic OH excluding ortho intramolecular Hbond substituents is 1. The molecule has 1 aromatic carbocycles. The summed E-state index contributed by atoms with van der Waals surface area (Å²) in [6, 6.07) is 6.91. The number of nitrogens with zero attached hydrogens (tertiary/aromatic N) is 1. The number of halogens is 1. The van der Waals surface area contributed by atoms with E-state index in [1.54, 1.807) is 18.2 Å². The van der Waals surface area contributed by atoms with Crippen LogP contribution >= 0.6 is 0 Å². The Balaban J connectivity index is 2.16. The van der Waals surface area contributed by atoms with Crippen molar-refractivity contribution in [3.63, 3.8) is 0 Å². The van der Waals surface area contributed by atoms with Crippen LogP contribution in [0.4, 0.5) is 10.1 Å². The lowest BCUT2D eigenvalue weighted by Crippen LogP contribution is -2.49. The summed E-state index contributed by atoms with van der Waals surface area (Å²) in [6.45, 7) is 1.18. The lowest BCUT2D eigenvalue weighted by Gasteiger charge is -2.38. The fourth-order valence-corrected chi connectivity index (χ4v) is 2.16. The molecule has 1 aliphatic rings. The van der Waals surface area contributed by atoms with Gasteiger partial charge in [-0.15, -0.1) is 0 Å². The highest BCUT2D eigenvalue weighted by Crippen LogP contribution is 2.29. The molecule has 0 bridgehead atoms. The van der Waals surface area contributed by atoms with Gasteiger partial charge in [0.1, 0.15) is 11.4 Å². The van der Waals surface area contributed by atoms with E-state index in [2.05, 4.69) is 0 Å². The predicted molar refractivity (Wildman–Crippen MR) is 62.4 cm³/mol. The molecule has 1 saturated heterocycles. The van der Waals surface area contributed by atoms with Gasteiger partial charge in [-0.2, -0.15) is 0 Å². The Kier molecular flexibility index (Phi) is 3.01. The average Bonchev–Trinajstić information content (AvgIpc) is 2.29. The molecule has 0 spiro atoms. The highest BCUT2D eigenvalue weighted by Gasteiger charge is 2.34. The minimum atomic E-state index is -1.29. The highest BCUT2D eigenvalue weighted by molar-refractivity contribution is 5.51. The molecule has 0 aromatic heterocycles. The molecule has 1 aromatic rings. The van der Waals surface area contributed by atoms with Gasteiger partial charge >= 0.3 is 0 Å². The smallest absolute Gasteiger partial charge is 0.140 e. The first kappa shape index (κ1) is 11.2. The standard InChI is InChI=1S/C12H17FN2O/c13-12(8-14)5-2-6-15(9-12)10-3-1-4-11(16)7-10/h1,3-4,7,16H,2,5-6,8-9,14H2. The van der Waals surface area contributed by atoms with Gasteiger partial charge in [-0.3, -0.25) is 0 Å². The van der Waals surface area contributed by atoms with E-state index < -0.39 is 5.67 Å². The van der Waals surface area contributed by atoms with Gasteiger partial charge in [0.15, 0.2) is 0 Å². The quantitative estimate of drug-likeness (QED) is 0.803. The van der Waals surface area contributed by atoms with Crippen LogP contribution in [0.5, 0.6) is 5.75 Å². The molecule has 3 N–H and O–H groups in total. The normalized spacial score (nSPS) is 25.8. The van der Waals surface area contributed by atoms with E-state index in [1.807, 2.05) is 11.0 Å². The molecule has 0 amide bonds. The number of benzene rings is 1. The monoisotopic (exact) mass is 224 g/mol. The van der Waals surface area contributed by atoms with Crippen molar-refractivity contribution in [3.05, 3.63) is 24.3 Å². The topological polar surface area (TPSA) is 49.5 Å². The molecule has 16 heavy (non-hydrogen) atoms. The van der Waals surface area contributed by atoms with E-state index in [0.717, 1.165) is 18.7 Å². The fourth-order valence-electron chi connectivity index (χ4n) is 2.16. The summed E-state index contributed by atoms with van der Waals surface area (Å²) < 4.78 is 14.1. The van der Waals surface area contributed by atoms with Crippen molar-refractivity contribution in [1.29, 1.82) is 0 Å². The van der Waals surface area contributed by atoms with E-state index in [4.69, 9.17) is 5.73 Å². The zero-order valence-corrected chi connectivity index (χ0v) is 9.19.